The Bertz CT molecular complexity index is 1610. The second kappa shape index (κ2) is 10.9. The number of carbonyl (C=O) groups excluding carboxylic acids is 1. The fourth-order valence-corrected chi connectivity index (χ4v) is 5.55. The van der Waals surface area contributed by atoms with Gasteiger partial charge in [-0.3, -0.25) is 9.52 Å². The maximum Gasteiger partial charge on any atom is 0.263 e. The summed E-state index contributed by atoms with van der Waals surface area (Å²) in [5.74, 6) is 0.777. The Morgan fingerprint density at radius 1 is 1.05 bits per heavy atom. The number of para-hydroxylation sites is 2. The summed E-state index contributed by atoms with van der Waals surface area (Å²) in [6.45, 7) is 0.818. The van der Waals surface area contributed by atoms with Crippen molar-refractivity contribution in [2.24, 2.45) is 0 Å². The first-order chi connectivity index (χ1) is 18.3. The highest BCUT2D eigenvalue weighted by atomic mass is 35.5. The van der Waals surface area contributed by atoms with Crippen molar-refractivity contribution in [1.29, 1.82) is 0 Å². The molecule has 3 aromatic carbocycles. The van der Waals surface area contributed by atoms with Crippen LogP contribution in [0, 0.1) is 0 Å². The van der Waals surface area contributed by atoms with E-state index in [1.54, 1.807) is 48.5 Å². The lowest BCUT2D eigenvalue weighted by molar-refractivity contribution is -0.120. The second-order valence-corrected chi connectivity index (χ2v) is 11.0. The van der Waals surface area contributed by atoms with Gasteiger partial charge in [0.2, 0.25) is 0 Å². The van der Waals surface area contributed by atoms with E-state index in [-0.39, 0.29) is 34.8 Å². The van der Waals surface area contributed by atoms with E-state index in [1.165, 1.54) is 19.2 Å². The first-order valence-corrected chi connectivity index (χ1v) is 13.9. The molecule has 9 nitrogen and oxygen atoms in total. The molecule has 11 heteroatoms. The van der Waals surface area contributed by atoms with Gasteiger partial charge >= 0.3 is 0 Å². The van der Waals surface area contributed by atoms with Gasteiger partial charge < -0.3 is 15.4 Å². The Morgan fingerprint density at radius 2 is 1.82 bits per heavy atom. The number of hydrogen-bond donors (Lipinski definition) is 3. The number of nitrogens with one attached hydrogen (secondary N) is 3. The smallest absolute Gasteiger partial charge is 0.263 e. The number of sulfonamides is 1. The van der Waals surface area contributed by atoms with Crippen LogP contribution in [-0.4, -0.2) is 43.9 Å². The molecule has 38 heavy (non-hydrogen) atoms. The van der Waals surface area contributed by atoms with Gasteiger partial charge in [0.05, 0.1) is 39.8 Å². The largest absolute Gasteiger partial charge is 0.497 e. The number of benzene rings is 3. The number of Topliss-reactive ketones (excluding diaryl/α,β-unsaturated/α-hetero) is 1. The van der Waals surface area contributed by atoms with Crippen molar-refractivity contribution in [3.05, 3.63) is 77.3 Å². The van der Waals surface area contributed by atoms with Crippen molar-refractivity contribution >= 4 is 55.8 Å². The zero-order chi connectivity index (χ0) is 26.7. The Balaban J connectivity index is 1.47. The summed E-state index contributed by atoms with van der Waals surface area (Å²) in [7, 11) is -2.54. The van der Waals surface area contributed by atoms with Gasteiger partial charge in [0.15, 0.2) is 17.4 Å². The molecule has 0 spiro atoms. The van der Waals surface area contributed by atoms with Gasteiger partial charge in [-0.15, -0.1) is 0 Å². The summed E-state index contributed by atoms with van der Waals surface area (Å²) >= 11 is 6.37. The highest BCUT2D eigenvalue weighted by molar-refractivity contribution is 7.92. The molecule has 0 amide bonds. The van der Waals surface area contributed by atoms with Gasteiger partial charge in [-0.05, 0) is 61.3 Å². The topological polar surface area (TPSA) is 122 Å². The molecule has 196 valence electrons. The zero-order valence-corrected chi connectivity index (χ0v) is 22.1. The number of fused-ring (bicyclic) bond motifs is 1. The Hall–Kier alpha value is -3.73. The molecule has 0 saturated carbocycles. The first kappa shape index (κ1) is 25.9. The molecule has 0 radical (unpaired) electrons. The van der Waals surface area contributed by atoms with Crippen molar-refractivity contribution in [3.63, 3.8) is 0 Å². The number of carbonyl (C=O) groups is 1. The quantitative estimate of drug-likeness (QED) is 0.273. The van der Waals surface area contributed by atoms with Gasteiger partial charge in [-0.2, -0.15) is 0 Å². The molecule has 2 heterocycles. The molecule has 4 aromatic rings. The molecule has 0 bridgehead atoms. The van der Waals surface area contributed by atoms with Crippen LogP contribution in [-0.2, 0) is 21.2 Å². The normalized spacial score (nSPS) is 15.4. The second-order valence-electron chi connectivity index (χ2n) is 8.93. The number of rotatable bonds is 9. The first-order valence-electron chi connectivity index (χ1n) is 12.1. The molecular weight excluding hydrogens is 526 g/mol. The molecule has 1 aliphatic heterocycles. The summed E-state index contributed by atoms with van der Waals surface area (Å²) in [5.41, 5.74) is 2.17. The molecular formula is C27H26ClN5O4S. The summed E-state index contributed by atoms with van der Waals surface area (Å²) in [4.78, 5) is 21.7. The van der Waals surface area contributed by atoms with Gasteiger partial charge in [0, 0.05) is 12.5 Å². The predicted octanol–water partition coefficient (Wildman–Crippen LogP) is 4.70. The molecule has 1 aromatic heterocycles. The van der Waals surface area contributed by atoms with E-state index in [0.717, 1.165) is 19.4 Å². The third kappa shape index (κ3) is 5.72. The van der Waals surface area contributed by atoms with Crippen LogP contribution in [0.25, 0.3) is 11.0 Å². The van der Waals surface area contributed by atoms with Crippen LogP contribution in [0.4, 0.5) is 17.3 Å². The summed E-state index contributed by atoms with van der Waals surface area (Å²) in [6, 6.07) is 18.4. The van der Waals surface area contributed by atoms with Gasteiger partial charge in [-0.1, -0.05) is 35.9 Å². The minimum Gasteiger partial charge on any atom is -0.497 e. The van der Waals surface area contributed by atoms with Crippen molar-refractivity contribution in [1.82, 2.24) is 15.3 Å². The number of halogens is 1. The Morgan fingerprint density at radius 3 is 2.53 bits per heavy atom. The minimum atomic E-state index is -4.07. The lowest BCUT2D eigenvalue weighted by Crippen LogP contribution is -2.31. The Kier molecular flexibility index (Phi) is 7.46. The lowest BCUT2D eigenvalue weighted by Gasteiger charge is -2.15. The van der Waals surface area contributed by atoms with E-state index in [1.807, 2.05) is 6.07 Å². The van der Waals surface area contributed by atoms with Crippen LogP contribution in [0.15, 0.2) is 71.6 Å². The van der Waals surface area contributed by atoms with E-state index in [9.17, 15) is 13.2 Å². The number of nitrogens with zero attached hydrogens (tertiary/aromatic N) is 2. The van der Waals surface area contributed by atoms with Crippen LogP contribution >= 0.6 is 11.6 Å². The third-order valence-electron chi connectivity index (χ3n) is 6.26. The van der Waals surface area contributed by atoms with Crippen molar-refractivity contribution in [3.8, 4) is 5.75 Å². The standard InChI is InChI=1S/C27H26ClN5O4S/c1-37-18-11-12-20(28)24(16-18)32-26-27(31-22-9-3-2-8-21(22)30-26)33-38(35,36)19-7-4-6-17(14-19)15-25(34)23-10-5-13-29-23/h2-4,6-9,11-12,14,16,23,29H,5,10,13,15H2,1H3,(H,30,32)(H,31,33)/t23-/m1/s1. The minimum absolute atomic E-state index is 0.000721. The van der Waals surface area contributed by atoms with Crippen LogP contribution < -0.4 is 20.1 Å². The van der Waals surface area contributed by atoms with Crippen LogP contribution in [0.2, 0.25) is 5.02 Å². The number of ether oxygens (including phenoxy) is 1. The van der Waals surface area contributed by atoms with Gasteiger partial charge in [0.1, 0.15) is 5.75 Å². The van der Waals surface area contributed by atoms with Gasteiger partial charge in [-0.25, -0.2) is 18.4 Å². The maximum atomic E-state index is 13.5. The molecule has 1 fully saturated rings. The average molecular weight is 552 g/mol. The van der Waals surface area contributed by atoms with Crippen LogP contribution in [0.1, 0.15) is 18.4 Å². The van der Waals surface area contributed by atoms with Crippen molar-refractivity contribution in [2.75, 3.05) is 23.7 Å². The SMILES string of the molecule is COc1ccc(Cl)c(Nc2nc3ccccc3nc2NS(=O)(=O)c2cccc(CC(=O)[C@H]3CCCN3)c2)c1. The van der Waals surface area contributed by atoms with E-state index < -0.39 is 10.0 Å². The molecule has 0 aliphatic carbocycles. The zero-order valence-electron chi connectivity index (χ0n) is 20.6. The molecule has 1 atom stereocenters. The summed E-state index contributed by atoms with van der Waals surface area (Å²) < 4.78 is 34.8. The number of aromatic nitrogens is 2. The third-order valence-corrected chi connectivity index (χ3v) is 7.93. The van der Waals surface area contributed by atoms with E-state index in [0.29, 0.717) is 33.1 Å². The van der Waals surface area contributed by atoms with Crippen molar-refractivity contribution < 1.29 is 17.9 Å². The molecule has 3 N–H and O–H groups in total. The molecule has 1 aliphatic rings. The highest BCUT2D eigenvalue weighted by Gasteiger charge is 2.24. The van der Waals surface area contributed by atoms with Crippen molar-refractivity contribution in [2.45, 2.75) is 30.2 Å². The van der Waals surface area contributed by atoms with Crippen LogP contribution in [0.5, 0.6) is 5.75 Å². The van der Waals surface area contributed by atoms with E-state index in [4.69, 9.17) is 16.3 Å². The average Bonchev–Trinajstić information content (AvgIpc) is 3.46. The fourth-order valence-electron chi connectivity index (χ4n) is 4.31. The fraction of sp³-hybridized carbons (Fsp3) is 0.222. The Labute approximate surface area is 225 Å². The number of methoxy groups -OCH3 is 1. The number of ketones is 1. The monoisotopic (exact) mass is 551 g/mol. The van der Waals surface area contributed by atoms with Gasteiger partial charge in [0.25, 0.3) is 10.0 Å². The van der Waals surface area contributed by atoms with E-state index >= 15 is 0 Å². The molecule has 5 rings (SSSR count). The summed E-state index contributed by atoms with van der Waals surface area (Å²) in [5, 5.41) is 6.67. The number of hydrogen-bond acceptors (Lipinski definition) is 8. The maximum absolute atomic E-state index is 13.5. The predicted molar refractivity (Wildman–Crippen MR) is 148 cm³/mol. The van der Waals surface area contributed by atoms with E-state index in [2.05, 4.69) is 25.3 Å². The lowest BCUT2D eigenvalue weighted by atomic mass is 10.0. The van der Waals surface area contributed by atoms with Crippen LogP contribution in [0.3, 0.4) is 0 Å². The number of anilines is 3. The highest BCUT2D eigenvalue weighted by Crippen LogP contribution is 2.32. The molecule has 0 unspecified atom stereocenters. The molecule has 1 saturated heterocycles. The summed E-state index contributed by atoms with van der Waals surface area (Å²) in [6.07, 6.45) is 1.91.